The highest BCUT2D eigenvalue weighted by molar-refractivity contribution is 7.39. The summed E-state index contributed by atoms with van der Waals surface area (Å²) in [5.41, 5.74) is 2.99. The molecule has 0 aliphatic rings. The SMILES string of the molecule is CC(CC(c1ccccc1)(c1ccccc1)c1ccccc1)OP(O)O. The van der Waals surface area contributed by atoms with Gasteiger partial charge in [0, 0.05) is 5.41 Å². The van der Waals surface area contributed by atoms with Crippen molar-refractivity contribution >= 4 is 8.60 Å². The second-order valence-electron chi connectivity index (χ2n) is 6.38. The van der Waals surface area contributed by atoms with Crippen LogP contribution in [-0.4, -0.2) is 15.9 Å². The highest BCUT2D eigenvalue weighted by Gasteiger charge is 2.38. The van der Waals surface area contributed by atoms with Gasteiger partial charge in [-0.2, -0.15) is 0 Å². The second-order valence-corrected chi connectivity index (χ2v) is 7.09. The van der Waals surface area contributed by atoms with Gasteiger partial charge in [0.25, 0.3) is 0 Å². The average molecular weight is 366 g/mol. The van der Waals surface area contributed by atoms with Gasteiger partial charge in [0.2, 0.25) is 0 Å². The van der Waals surface area contributed by atoms with Crippen molar-refractivity contribution in [3.05, 3.63) is 108 Å². The van der Waals surface area contributed by atoms with Gasteiger partial charge in [-0.15, -0.1) is 0 Å². The molecule has 3 rings (SSSR count). The van der Waals surface area contributed by atoms with Gasteiger partial charge in [-0.25, -0.2) is 0 Å². The molecule has 1 unspecified atom stereocenters. The third kappa shape index (κ3) is 4.03. The fourth-order valence-electron chi connectivity index (χ4n) is 3.65. The van der Waals surface area contributed by atoms with Crippen LogP contribution in [0, 0.1) is 0 Å². The van der Waals surface area contributed by atoms with E-state index in [-0.39, 0.29) is 6.10 Å². The Morgan fingerprint density at radius 3 is 1.38 bits per heavy atom. The third-order valence-corrected chi connectivity index (χ3v) is 5.22. The molecule has 0 saturated carbocycles. The van der Waals surface area contributed by atoms with Crippen molar-refractivity contribution in [2.75, 3.05) is 0 Å². The van der Waals surface area contributed by atoms with E-state index in [1.54, 1.807) is 0 Å². The van der Waals surface area contributed by atoms with Crippen molar-refractivity contribution in [3.8, 4) is 0 Å². The Kier molecular flexibility index (Phi) is 6.18. The lowest BCUT2D eigenvalue weighted by atomic mass is 9.66. The third-order valence-electron chi connectivity index (χ3n) is 4.67. The maximum atomic E-state index is 9.33. The molecule has 0 bridgehead atoms. The molecule has 26 heavy (non-hydrogen) atoms. The van der Waals surface area contributed by atoms with Gasteiger partial charge in [-0.3, -0.25) is 0 Å². The van der Waals surface area contributed by atoms with Gasteiger partial charge in [-0.1, -0.05) is 91.0 Å². The summed E-state index contributed by atoms with van der Waals surface area (Å²) >= 11 is 0. The molecule has 0 radical (unpaired) electrons. The molecule has 4 heteroatoms. The topological polar surface area (TPSA) is 49.7 Å². The Morgan fingerprint density at radius 2 is 1.08 bits per heavy atom. The highest BCUT2D eigenvalue weighted by Crippen LogP contribution is 2.44. The number of rotatable bonds is 7. The van der Waals surface area contributed by atoms with E-state index in [1.807, 2.05) is 61.5 Å². The molecule has 0 aliphatic carbocycles. The van der Waals surface area contributed by atoms with E-state index in [2.05, 4.69) is 36.4 Å². The predicted octanol–water partition coefficient (Wildman–Crippen LogP) is 5.03. The summed E-state index contributed by atoms with van der Waals surface area (Å²) in [6.07, 6.45) is 0.252. The van der Waals surface area contributed by atoms with E-state index in [0.29, 0.717) is 6.42 Å². The van der Waals surface area contributed by atoms with Gasteiger partial charge in [0.05, 0.1) is 6.10 Å². The van der Waals surface area contributed by atoms with E-state index >= 15 is 0 Å². The molecule has 0 heterocycles. The standard InChI is InChI=1S/C22H23O3P/c1-18(25-26(23)24)17-22(19-11-5-2-6-12-19,20-13-7-3-8-14-20)21-15-9-4-10-16-21/h2-16,18,23-24H,17H2,1H3. The first-order chi connectivity index (χ1) is 12.6. The van der Waals surface area contributed by atoms with Gasteiger partial charge in [0.15, 0.2) is 0 Å². The van der Waals surface area contributed by atoms with Crippen molar-refractivity contribution in [1.82, 2.24) is 0 Å². The van der Waals surface area contributed by atoms with Gasteiger partial charge >= 0.3 is 8.60 Å². The molecule has 0 saturated heterocycles. The van der Waals surface area contributed by atoms with Crippen molar-refractivity contribution in [2.45, 2.75) is 24.9 Å². The number of benzene rings is 3. The first-order valence-electron chi connectivity index (χ1n) is 8.64. The quantitative estimate of drug-likeness (QED) is 0.456. The van der Waals surface area contributed by atoms with E-state index in [1.165, 1.54) is 0 Å². The molecular weight excluding hydrogens is 343 g/mol. The van der Waals surface area contributed by atoms with Crippen LogP contribution in [0.4, 0.5) is 0 Å². The summed E-state index contributed by atoms with van der Waals surface area (Å²) in [5, 5.41) is 0. The van der Waals surface area contributed by atoms with Crippen LogP contribution in [-0.2, 0) is 9.94 Å². The summed E-state index contributed by atoms with van der Waals surface area (Å²) in [6.45, 7) is 1.88. The fraction of sp³-hybridized carbons (Fsp3) is 0.182. The molecule has 0 spiro atoms. The largest absolute Gasteiger partial charge is 0.328 e. The number of hydrogen-bond donors (Lipinski definition) is 2. The van der Waals surface area contributed by atoms with Crippen LogP contribution in [0.25, 0.3) is 0 Å². The predicted molar refractivity (Wildman–Crippen MR) is 106 cm³/mol. The highest BCUT2D eigenvalue weighted by atomic mass is 31.2. The van der Waals surface area contributed by atoms with E-state index in [4.69, 9.17) is 4.52 Å². The van der Waals surface area contributed by atoms with Crippen molar-refractivity contribution in [2.24, 2.45) is 0 Å². The van der Waals surface area contributed by atoms with E-state index in [9.17, 15) is 9.79 Å². The van der Waals surface area contributed by atoms with E-state index in [0.717, 1.165) is 16.7 Å². The van der Waals surface area contributed by atoms with Crippen LogP contribution < -0.4 is 0 Å². The van der Waals surface area contributed by atoms with Crippen LogP contribution in [0.15, 0.2) is 91.0 Å². The monoisotopic (exact) mass is 366 g/mol. The fourth-order valence-corrected chi connectivity index (χ4v) is 4.05. The van der Waals surface area contributed by atoms with Crippen LogP contribution in [0.2, 0.25) is 0 Å². The molecule has 3 aromatic rings. The number of hydrogen-bond acceptors (Lipinski definition) is 3. The first kappa shape index (κ1) is 18.8. The Hall–Kier alpha value is -2.03. The minimum Gasteiger partial charge on any atom is -0.328 e. The minimum atomic E-state index is -2.40. The van der Waals surface area contributed by atoms with Crippen LogP contribution >= 0.6 is 8.60 Å². The Labute approximate surface area is 155 Å². The van der Waals surface area contributed by atoms with Crippen LogP contribution in [0.3, 0.4) is 0 Å². The molecule has 1 atom stereocenters. The average Bonchev–Trinajstić information content (AvgIpc) is 2.67. The second kappa shape index (κ2) is 8.57. The van der Waals surface area contributed by atoms with Gasteiger partial charge in [-0.05, 0) is 30.0 Å². The minimum absolute atomic E-state index is 0.336. The van der Waals surface area contributed by atoms with Gasteiger partial charge < -0.3 is 14.3 Å². The molecule has 0 fully saturated rings. The van der Waals surface area contributed by atoms with E-state index < -0.39 is 14.0 Å². The van der Waals surface area contributed by atoms with Crippen molar-refractivity contribution in [3.63, 3.8) is 0 Å². The molecule has 134 valence electrons. The van der Waals surface area contributed by atoms with Crippen molar-refractivity contribution < 1.29 is 14.3 Å². The van der Waals surface area contributed by atoms with Gasteiger partial charge in [0.1, 0.15) is 0 Å². The van der Waals surface area contributed by atoms with Crippen molar-refractivity contribution in [1.29, 1.82) is 0 Å². The summed E-state index contributed by atoms with van der Waals surface area (Å²) < 4.78 is 5.35. The summed E-state index contributed by atoms with van der Waals surface area (Å²) in [7, 11) is -2.40. The lowest BCUT2D eigenvalue weighted by Gasteiger charge is -2.38. The molecule has 2 N–H and O–H groups in total. The first-order valence-corrected chi connectivity index (χ1v) is 9.80. The lowest BCUT2D eigenvalue weighted by Crippen LogP contribution is -2.33. The Balaban J connectivity index is 2.21. The summed E-state index contributed by atoms with van der Waals surface area (Å²) in [4.78, 5) is 18.7. The van der Waals surface area contributed by atoms with Crippen LogP contribution in [0.1, 0.15) is 30.0 Å². The Bertz CT molecular complexity index is 695. The smallest absolute Gasteiger partial charge is 0.327 e. The Morgan fingerprint density at radius 1 is 0.731 bits per heavy atom. The molecule has 0 aromatic heterocycles. The zero-order chi connectivity index (χ0) is 18.4. The zero-order valence-corrected chi connectivity index (χ0v) is 15.6. The maximum absolute atomic E-state index is 9.33. The lowest BCUT2D eigenvalue weighted by molar-refractivity contribution is 0.163. The van der Waals surface area contributed by atoms with Crippen LogP contribution in [0.5, 0.6) is 0 Å². The summed E-state index contributed by atoms with van der Waals surface area (Å²) in [6, 6.07) is 30.9. The molecule has 3 aromatic carbocycles. The summed E-state index contributed by atoms with van der Waals surface area (Å²) in [5.74, 6) is 0. The normalized spacial score (nSPS) is 12.9. The zero-order valence-electron chi connectivity index (χ0n) is 14.7. The molecular formula is C22H23O3P. The maximum Gasteiger partial charge on any atom is 0.327 e. The molecule has 0 aliphatic heterocycles. The molecule has 3 nitrogen and oxygen atoms in total. The molecule has 0 amide bonds.